The van der Waals surface area contributed by atoms with E-state index in [0.29, 0.717) is 6.54 Å². The van der Waals surface area contributed by atoms with E-state index in [-0.39, 0.29) is 5.91 Å². The van der Waals surface area contributed by atoms with Crippen molar-refractivity contribution in [3.05, 3.63) is 76.3 Å². The summed E-state index contributed by atoms with van der Waals surface area (Å²) in [7, 11) is 1.99. The summed E-state index contributed by atoms with van der Waals surface area (Å²) >= 11 is 1.47. The number of nitrogens with zero attached hydrogens (tertiary/aromatic N) is 3. The minimum absolute atomic E-state index is 0.0854. The first-order valence-corrected chi connectivity index (χ1v) is 9.57. The molecule has 0 bridgehead atoms. The highest BCUT2D eigenvalue weighted by Gasteiger charge is 2.25. The van der Waals surface area contributed by atoms with E-state index in [1.165, 1.54) is 22.5 Å². The Bertz CT molecular complexity index is 935. The number of anilines is 2. The fraction of sp³-hybridized carbons (Fsp3) is 0.238. The third-order valence-electron chi connectivity index (χ3n) is 4.83. The monoisotopic (exact) mass is 363 g/mol. The average Bonchev–Trinajstić information content (AvgIpc) is 3.08. The number of aromatic nitrogens is 1. The molecule has 2 aromatic carbocycles. The summed E-state index contributed by atoms with van der Waals surface area (Å²) in [5, 5.41) is 0.842. The smallest absolute Gasteiger partial charge is 0.266 e. The largest absolute Gasteiger partial charge is 0.333 e. The van der Waals surface area contributed by atoms with Crippen molar-refractivity contribution in [2.24, 2.45) is 0 Å². The zero-order valence-electron chi connectivity index (χ0n) is 15.0. The van der Waals surface area contributed by atoms with E-state index in [1.54, 1.807) is 0 Å². The van der Waals surface area contributed by atoms with E-state index in [1.807, 2.05) is 60.2 Å². The summed E-state index contributed by atoms with van der Waals surface area (Å²) in [6, 6.07) is 18.5. The van der Waals surface area contributed by atoms with Crippen LogP contribution < -0.4 is 4.90 Å². The minimum atomic E-state index is 0.0854. The van der Waals surface area contributed by atoms with E-state index in [0.717, 1.165) is 34.4 Å². The van der Waals surface area contributed by atoms with Crippen LogP contribution in [0.3, 0.4) is 0 Å². The van der Waals surface area contributed by atoms with Crippen molar-refractivity contribution in [1.82, 2.24) is 9.88 Å². The number of carbonyl (C=O) groups is 1. The molecule has 1 aliphatic rings. The normalized spacial score (nSPS) is 13.4. The fourth-order valence-electron chi connectivity index (χ4n) is 3.30. The van der Waals surface area contributed by atoms with Crippen LogP contribution in [0, 0.1) is 6.92 Å². The Labute approximate surface area is 157 Å². The third-order valence-corrected chi connectivity index (χ3v) is 6.05. The second-order valence-corrected chi connectivity index (χ2v) is 7.53. The molecule has 4 rings (SSSR count). The number of amides is 1. The highest BCUT2D eigenvalue weighted by Crippen LogP contribution is 2.32. The fourth-order valence-corrected chi connectivity index (χ4v) is 4.32. The lowest BCUT2D eigenvalue weighted by Crippen LogP contribution is -2.35. The molecular weight excluding hydrogens is 342 g/mol. The van der Waals surface area contributed by atoms with E-state index in [9.17, 15) is 4.79 Å². The van der Waals surface area contributed by atoms with E-state index in [4.69, 9.17) is 0 Å². The van der Waals surface area contributed by atoms with Gasteiger partial charge in [0, 0.05) is 25.8 Å². The van der Waals surface area contributed by atoms with Gasteiger partial charge in [-0.1, -0.05) is 53.8 Å². The maximum absolute atomic E-state index is 13.1. The molecule has 26 heavy (non-hydrogen) atoms. The Morgan fingerprint density at radius 1 is 1.08 bits per heavy atom. The van der Waals surface area contributed by atoms with Crippen LogP contribution in [0.25, 0.3) is 0 Å². The van der Waals surface area contributed by atoms with Gasteiger partial charge >= 0.3 is 0 Å². The van der Waals surface area contributed by atoms with Crippen molar-refractivity contribution in [3.8, 4) is 0 Å². The summed E-state index contributed by atoms with van der Waals surface area (Å²) in [6.07, 6.45) is 0.913. The summed E-state index contributed by atoms with van der Waals surface area (Å²) in [5.41, 5.74) is 4.46. The lowest BCUT2D eigenvalue weighted by Gasteiger charge is -2.28. The van der Waals surface area contributed by atoms with Crippen molar-refractivity contribution in [2.45, 2.75) is 19.9 Å². The number of aryl methyl sites for hydroxylation is 1. The van der Waals surface area contributed by atoms with Crippen molar-refractivity contribution in [2.75, 3.05) is 18.5 Å². The zero-order chi connectivity index (χ0) is 18.1. The van der Waals surface area contributed by atoms with Crippen LogP contribution >= 0.6 is 11.3 Å². The van der Waals surface area contributed by atoms with Crippen LogP contribution in [-0.4, -0.2) is 29.4 Å². The van der Waals surface area contributed by atoms with Crippen LogP contribution in [0.5, 0.6) is 0 Å². The maximum Gasteiger partial charge on any atom is 0.266 e. The van der Waals surface area contributed by atoms with Crippen LogP contribution in [0.15, 0.2) is 54.6 Å². The molecule has 1 aromatic heterocycles. The molecule has 2 heterocycles. The predicted molar refractivity (Wildman–Crippen MR) is 106 cm³/mol. The summed E-state index contributed by atoms with van der Waals surface area (Å²) < 4.78 is 0. The first kappa shape index (κ1) is 16.8. The number of rotatable bonds is 3. The number of para-hydroxylation sites is 1. The van der Waals surface area contributed by atoms with Gasteiger partial charge in [0.05, 0.1) is 5.69 Å². The number of fused-ring (bicyclic) bond motifs is 1. The minimum Gasteiger partial charge on any atom is -0.333 e. The van der Waals surface area contributed by atoms with E-state index in [2.05, 4.69) is 23.2 Å². The SMILES string of the molecule is Cc1nc(N(C)c2ccccc2)sc1C(=O)N1CCc2ccccc2C1. The standard InChI is InChI=1S/C21H21N3OS/c1-15-19(26-21(22-15)23(2)18-10-4-3-5-11-18)20(25)24-13-12-16-8-6-7-9-17(16)14-24/h3-11H,12-14H2,1-2H3. The van der Waals surface area contributed by atoms with Crippen LogP contribution in [0.1, 0.15) is 26.5 Å². The van der Waals surface area contributed by atoms with Crippen molar-refractivity contribution < 1.29 is 4.79 Å². The summed E-state index contributed by atoms with van der Waals surface area (Å²) in [5.74, 6) is 0.0854. The van der Waals surface area contributed by atoms with Crippen LogP contribution in [-0.2, 0) is 13.0 Å². The number of carbonyl (C=O) groups excluding carboxylic acids is 1. The Morgan fingerprint density at radius 2 is 1.77 bits per heavy atom. The third kappa shape index (κ3) is 3.10. The first-order valence-electron chi connectivity index (χ1n) is 8.76. The van der Waals surface area contributed by atoms with Gasteiger partial charge in [-0.15, -0.1) is 0 Å². The van der Waals surface area contributed by atoms with Gasteiger partial charge in [-0.3, -0.25) is 4.79 Å². The van der Waals surface area contributed by atoms with Crippen molar-refractivity contribution in [1.29, 1.82) is 0 Å². The molecule has 132 valence electrons. The Kier molecular flexibility index (Phi) is 4.47. The Balaban J connectivity index is 1.57. The molecule has 5 heteroatoms. The molecule has 4 nitrogen and oxygen atoms in total. The van der Waals surface area contributed by atoms with E-state index >= 15 is 0 Å². The molecule has 0 N–H and O–H groups in total. The second-order valence-electron chi connectivity index (χ2n) is 6.55. The number of hydrogen-bond acceptors (Lipinski definition) is 4. The molecule has 0 aliphatic carbocycles. The van der Waals surface area contributed by atoms with Gasteiger partial charge in [-0.2, -0.15) is 0 Å². The summed E-state index contributed by atoms with van der Waals surface area (Å²) in [6.45, 7) is 3.36. The van der Waals surface area contributed by atoms with Gasteiger partial charge < -0.3 is 9.80 Å². The predicted octanol–water partition coefficient (Wildman–Crippen LogP) is 4.42. The molecular formula is C21H21N3OS. The molecule has 0 spiro atoms. The maximum atomic E-state index is 13.1. The van der Waals surface area contributed by atoms with Crippen molar-refractivity contribution >= 4 is 28.1 Å². The highest BCUT2D eigenvalue weighted by molar-refractivity contribution is 7.17. The Morgan fingerprint density at radius 3 is 2.54 bits per heavy atom. The van der Waals surface area contributed by atoms with Gasteiger partial charge in [0.15, 0.2) is 5.13 Å². The molecule has 0 atom stereocenters. The topological polar surface area (TPSA) is 36.4 Å². The highest BCUT2D eigenvalue weighted by atomic mass is 32.1. The van der Waals surface area contributed by atoms with E-state index < -0.39 is 0 Å². The van der Waals surface area contributed by atoms with Crippen LogP contribution in [0.2, 0.25) is 0 Å². The molecule has 1 amide bonds. The molecule has 3 aromatic rings. The van der Waals surface area contributed by atoms with Gasteiger partial charge in [0.1, 0.15) is 4.88 Å². The second kappa shape index (κ2) is 6.92. The van der Waals surface area contributed by atoms with Gasteiger partial charge in [0.2, 0.25) is 0 Å². The van der Waals surface area contributed by atoms with Gasteiger partial charge in [0.25, 0.3) is 5.91 Å². The number of hydrogen-bond donors (Lipinski definition) is 0. The lowest BCUT2D eigenvalue weighted by molar-refractivity contribution is 0.0738. The average molecular weight is 363 g/mol. The van der Waals surface area contributed by atoms with Gasteiger partial charge in [-0.25, -0.2) is 4.98 Å². The molecule has 0 saturated heterocycles. The molecule has 0 fully saturated rings. The number of benzene rings is 2. The number of thiazole rings is 1. The molecule has 0 radical (unpaired) electrons. The molecule has 1 aliphatic heterocycles. The van der Waals surface area contributed by atoms with Gasteiger partial charge in [-0.05, 0) is 36.6 Å². The lowest BCUT2D eigenvalue weighted by atomic mass is 10.00. The Hall–Kier alpha value is -2.66. The quantitative estimate of drug-likeness (QED) is 0.691. The van der Waals surface area contributed by atoms with Crippen molar-refractivity contribution in [3.63, 3.8) is 0 Å². The molecule has 0 saturated carbocycles. The molecule has 0 unspecified atom stereocenters. The van der Waals surface area contributed by atoms with Crippen LogP contribution in [0.4, 0.5) is 10.8 Å². The first-order chi connectivity index (χ1) is 12.6. The summed E-state index contributed by atoms with van der Waals surface area (Å²) in [4.78, 5) is 22.4. The zero-order valence-corrected chi connectivity index (χ0v) is 15.8.